The molecule has 1 rings (SSSR count). The van der Waals surface area contributed by atoms with Crippen LogP contribution in [0.2, 0.25) is 5.02 Å². The molecular weight excluding hydrogens is 261 g/mol. The minimum Gasteiger partial charge on any atom is -0.480 e. The predicted molar refractivity (Wildman–Crippen MR) is 65.1 cm³/mol. The largest absolute Gasteiger partial charge is 0.480 e. The van der Waals surface area contributed by atoms with Gasteiger partial charge in [-0.1, -0.05) is 25.4 Å². The van der Waals surface area contributed by atoms with E-state index in [0.29, 0.717) is 0 Å². The quantitative estimate of drug-likeness (QED) is 0.885. The van der Waals surface area contributed by atoms with E-state index >= 15 is 0 Å². The van der Waals surface area contributed by atoms with Gasteiger partial charge in [-0.25, -0.2) is 9.18 Å². The highest BCUT2D eigenvalue weighted by Gasteiger charge is 2.25. The van der Waals surface area contributed by atoms with Crippen LogP contribution in [0.1, 0.15) is 24.2 Å². The van der Waals surface area contributed by atoms with Crippen molar-refractivity contribution in [3.63, 3.8) is 0 Å². The first-order valence-electron chi connectivity index (χ1n) is 5.31. The molecule has 1 amide bonds. The van der Waals surface area contributed by atoms with Gasteiger partial charge in [-0.2, -0.15) is 0 Å². The molecule has 1 atom stereocenters. The maximum absolute atomic E-state index is 13.4. The predicted octanol–water partition coefficient (Wildman–Crippen LogP) is 2.32. The topological polar surface area (TPSA) is 66.4 Å². The van der Waals surface area contributed by atoms with Crippen molar-refractivity contribution in [3.05, 3.63) is 34.6 Å². The molecule has 0 saturated heterocycles. The molecule has 0 aliphatic carbocycles. The highest BCUT2D eigenvalue weighted by molar-refractivity contribution is 6.31. The summed E-state index contributed by atoms with van der Waals surface area (Å²) in [5.41, 5.74) is -0.269. The summed E-state index contributed by atoms with van der Waals surface area (Å²) in [6.45, 7) is 3.29. The summed E-state index contributed by atoms with van der Waals surface area (Å²) in [6, 6.07) is 2.45. The minimum absolute atomic E-state index is 0.206. The second kappa shape index (κ2) is 5.82. The minimum atomic E-state index is -1.17. The zero-order valence-corrected chi connectivity index (χ0v) is 10.7. The van der Waals surface area contributed by atoms with Gasteiger partial charge < -0.3 is 10.4 Å². The molecule has 0 aliphatic rings. The third-order valence-corrected chi connectivity index (χ3v) is 2.63. The van der Waals surface area contributed by atoms with Crippen LogP contribution in [0.25, 0.3) is 0 Å². The van der Waals surface area contributed by atoms with Gasteiger partial charge >= 0.3 is 5.97 Å². The number of amides is 1. The van der Waals surface area contributed by atoms with E-state index in [4.69, 9.17) is 16.7 Å². The molecule has 0 aromatic heterocycles. The Labute approximate surface area is 109 Å². The normalized spacial score (nSPS) is 12.3. The van der Waals surface area contributed by atoms with Gasteiger partial charge in [-0.05, 0) is 24.1 Å². The molecule has 98 valence electrons. The second-order valence-electron chi connectivity index (χ2n) is 4.16. The number of carbonyl (C=O) groups excluding carboxylic acids is 1. The monoisotopic (exact) mass is 273 g/mol. The summed E-state index contributed by atoms with van der Waals surface area (Å²) in [6.07, 6.45) is 0. The highest BCUT2D eigenvalue weighted by atomic mass is 35.5. The number of carboxylic acids is 1. The average Bonchev–Trinajstić information content (AvgIpc) is 2.28. The van der Waals surface area contributed by atoms with E-state index in [2.05, 4.69) is 5.32 Å². The standard InChI is InChI=1S/C12H13ClFNO3/c1-6(2)10(12(17)18)15-11(16)8-5-7(13)3-4-9(8)14/h3-6,10H,1-2H3,(H,15,16)(H,17,18)/t10-/m1/s1. The third kappa shape index (κ3) is 3.43. The van der Waals surface area contributed by atoms with Gasteiger partial charge in [0.25, 0.3) is 5.91 Å². The molecular formula is C12H13ClFNO3. The molecule has 1 aromatic rings. The van der Waals surface area contributed by atoms with Crippen LogP contribution in [0.3, 0.4) is 0 Å². The molecule has 0 heterocycles. The number of hydrogen-bond donors (Lipinski definition) is 2. The number of nitrogens with one attached hydrogen (secondary N) is 1. The lowest BCUT2D eigenvalue weighted by Gasteiger charge is -2.18. The molecule has 0 radical (unpaired) electrons. The van der Waals surface area contributed by atoms with E-state index in [1.807, 2.05) is 0 Å². The molecule has 4 nitrogen and oxygen atoms in total. The first-order valence-corrected chi connectivity index (χ1v) is 5.69. The van der Waals surface area contributed by atoms with Crippen LogP contribution in [0.4, 0.5) is 4.39 Å². The van der Waals surface area contributed by atoms with Crippen LogP contribution in [-0.4, -0.2) is 23.0 Å². The summed E-state index contributed by atoms with van der Waals surface area (Å²) >= 11 is 5.66. The van der Waals surface area contributed by atoms with Gasteiger partial charge in [0.15, 0.2) is 0 Å². The lowest BCUT2D eigenvalue weighted by Crippen LogP contribution is -2.44. The summed E-state index contributed by atoms with van der Waals surface area (Å²) in [5, 5.41) is 11.4. The van der Waals surface area contributed by atoms with E-state index in [1.165, 1.54) is 6.07 Å². The lowest BCUT2D eigenvalue weighted by atomic mass is 10.0. The van der Waals surface area contributed by atoms with Crippen molar-refractivity contribution in [2.24, 2.45) is 5.92 Å². The van der Waals surface area contributed by atoms with E-state index in [1.54, 1.807) is 13.8 Å². The van der Waals surface area contributed by atoms with Crippen molar-refractivity contribution in [3.8, 4) is 0 Å². The number of carbonyl (C=O) groups is 2. The van der Waals surface area contributed by atoms with Crippen LogP contribution in [0, 0.1) is 11.7 Å². The van der Waals surface area contributed by atoms with Crippen LogP contribution in [0.5, 0.6) is 0 Å². The highest BCUT2D eigenvalue weighted by Crippen LogP contribution is 2.15. The smallest absolute Gasteiger partial charge is 0.326 e. The van der Waals surface area contributed by atoms with Crippen molar-refractivity contribution in [2.45, 2.75) is 19.9 Å². The van der Waals surface area contributed by atoms with Gasteiger partial charge in [-0.15, -0.1) is 0 Å². The van der Waals surface area contributed by atoms with Gasteiger partial charge in [0.2, 0.25) is 0 Å². The van der Waals surface area contributed by atoms with Crippen molar-refractivity contribution in [2.75, 3.05) is 0 Å². The van der Waals surface area contributed by atoms with Crippen molar-refractivity contribution >= 4 is 23.5 Å². The Morgan fingerprint density at radius 3 is 2.50 bits per heavy atom. The molecule has 0 aliphatic heterocycles. The van der Waals surface area contributed by atoms with Crippen molar-refractivity contribution in [1.82, 2.24) is 5.32 Å². The first-order chi connectivity index (χ1) is 8.32. The van der Waals surface area contributed by atoms with Crippen molar-refractivity contribution < 1.29 is 19.1 Å². The fraction of sp³-hybridized carbons (Fsp3) is 0.333. The van der Waals surface area contributed by atoms with Crippen LogP contribution in [0.15, 0.2) is 18.2 Å². The molecule has 0 fully saturated rings. The van der Waals surface area contributed by atoms with Gasteiger partial charge in [-0.3, -0.25) is 4.79 Å². The Balaban J connectivity index is 2.94. The number of carboxylic acid groups (broad SMARTS) is 1. The molecule has 6 heteroatoms. The Morgan fingerprint density at radius 2 is 2.00 bits per heavy atom. The van der Waals surface area contributed by atoms with Gasteiger partial charge in [0.05, 0.1) is 5.56 Å². The third-order valence-electron chi connectivity index (χ3n) is 2.39. The first kappa shape index (κ1) is 14.4. The fourth-order valence-electron chi connectivity index (χ4n) is 1.40. The van der Waals surface area contributed by atoms with Gasteiger partial charge in [0.1, 0.15) is 11.9 Å². The Kier molecular flexibility index (Phi) is 4.67. The molecule has 2 N–H and O–H groups in total. The molecule has 0 saturated carbocycles. The lowest BCUT2D eigenvalue weighted by molar-refractivity contribution is -0.140. The summed E-state index contributed by atoms with van der Waals surface area (Å²) in [7, 11) is 0. The number of halogens is 2. The molecule has 0 unspecified atom stereocenters. The van der Waals surface area contributed by atoms with E-state index in [9.17, 15) is 14.0 Å². The fourth-order valence-corrected chi connectivity index (χ4v) is 1.58. The van der Waals surface area contributed by atoms with Crippen molar-refractivity contribution in [1.29, 1.82) is 0 Å². The molecule has 1 aromatic carbocycles. The Hall–Kier alpha value is -1.62. The van der Waals surface area contributed by atoms with E-state index in [-0.39, 0.29) is 16.5 Å². The zero-order chi connectivity index (χ0) is 13.9. The number of rotatable bonds is 4. The zero-order valence-electron chi connectivity index (χ0n) is 9.91. The SMILES string of the molecule is CC(C)[C@@H](NC(=O)c1cc(Cl)ccc1F)C(=O)O. The van der Waals surface area contributed by atoms with Crippen LogP contribution in [-0.2, 0) is 4.79 Å². The summed E-state index contributed by atoms with van der Waals surface area (Å²) < 4.78 is 13.4. The molecule has 18 heavy (non-hydrogen) atoms. The molecule has 0 bridgehead atoms. The number of aliphatic carboxylic acids is 1. The number of hydrogen-bond acceptors (Lipinski definition) is 2. The second-order valence-corrected chi connectivity index (χ2v) is 4.59. The van der Waals surface area contributed by atoms with Crippen LogP contribution < -0.4 is 5.32 Å². The maximum Gasteiger partial charge on any atom is 0.326 e. The molecule has 0 spiro atoms. The summed E-state index contributed by atoms with van der Waals surface area (Å²) in [5.74, 6) is -3.02. The average molecular weight is 274 g/mol. The number of benzene rings is 1. The van der Waals surface area contributed by atoms with E-state index < -0.39 is 23.7 Å². The van der Waals surface area contributed by atoms with Gasteiger partial charge in [0, 0.05) is 5.02 Å². The maximum atomic E-state index is 13.4. The Bertz CT molecular complexity index is 476. The van der Waals surface area contributed by atoms with E-state index in [0.717, 1.165) is 12.1 Å². The summed E-state index contributed by atoms with van der Waals surface area (Å²) in [4.78, 5) is 22.7. The van der Waals surface area contributed by atoms with Crippen LogP contribution >= 0.6 is 11.6 Å². The Morgan fingerprint density at radius 1 is 1.39 bits per heavy atom.